The van der Waals surface area contributed by atoms with Gasteiger partial charge in [-0.1, -0.05) is 22.0 Å². The van der Waals surface area contributed by atoms with E-state index < -0.39 is 10.8 Å². The van der Waals surface area contributed by atoms with Crippen molar-refractivity contribution in [3.63, 3.8) is 0 Å². The van der Waals surface area contributed by atoms with Crippen molar-refractivity contribution in [1.82, 2.24) is 0 Å². The molecule has 0 aliphatic heterocycles. The van der Waals surface area contributed by atoms with Gasteiger partial charge in [-0.05, 0) is 82.5 Å². The topological polar surface area (TPSA) is 114 Å². The molecule has 1 amide bonds. The van der Waals surface area contributed by atoms with Gasteiger partial charge in [-0.15, -0.1) is 0 Å². The summed E-state index contributed by atoms with van der Waals surface area (Å²) in [5.41, 5.74) is 1.77. The predicted octanol–water partition coefficient (Wildman–Crippen LogP) is 6.64. The number of nitro groups is 1. The first-order valence-corrected chi connectivity index (χ1v) is 11.9. The molecule has 0 heterocycles. The van der Waals surface area contributed by atoms with Crippen LogP contribution in [0, 0.1) is 21.4 Å². The third-order valence-corrected chi connectivity index (χ3v) is 5.70. The quantitative estimate of drug-likeness (QED) is 0.127. The van der Waals surface area contributed by atoms with E-state index in [-0.39, 0.29) is 17.9 Å². The molecule has 1 N–H and O–H groups in total. The minimum atomic E-state index is -0.543. The summed E-state index contributed by atoms with van der Waals surface area (Å²) in [5, 5.41) is 23.1. The van der Waals surface area contributed by atoms with E-state index in [1.54, 1.807) is 42.5 Å². The van der Waals surface area contributed by atoms with Crippen LogP contribution in [0.5, 0.6) is 11.5 Å². The lowest BCUT2D eigenvalue weighted by Gasteiger charge is -2.15. The molecule has 0 saturated carbocycles. The van der Waals surface area contributed by atoms with E-state index in [1.165, 1.54) is 18.2 Å². The van der Waals surface area contributed by atoms with Gasteiger partial charge in [-0.3, -0.25) is 14.9 Å². The number of nitrogens with one attached hydrogen (secondary N) is 1. The van der Waals surface area contributed by atoms with Gasteiger partial charge in [0.05, 0.1) is 16.0 Å². The number of amides is 1. The van der Waals surface area contributed by atoms with Crippen molar-refractivity contribution in [3.8, 4) is 17.6 Å². The number of anilines is 1. The highest BCUT2D eigenvalue weighted by molar-refractivity contribution is 9.10. The van der Waals surface area contributed by atoms with Crippen LogP contribution >= 0.6 is 31.9 Å². The molecule has 3 aromatic rings. The number of halogens is 2. The van der Waals surface area contributed by atoms with Crippen LogP contribution < -0.4 is 14.8 Å². The summed E-state index contributed by atoms with van der Waals surface area (Å²) in [4.78, 5) is 23.0. The number of nitrogens with zero attached hydrogens (tertiary/aromatic N) is 2. The number of carbonyl (C=O) groups excluding carboxylic acids is 1. The van der Waals surface area contributed by atoms with Gasteiger partial charge in [0.2, 0.25) is 0 Å². The van der Waals surface area contributed by atoms with Crippen molar-refractivity contribution in [3.05, 3.63) is 96.4 Å². The van der Waals surface area contributed by atoms with E-state index >= 15 is 0 Å². The fourth-order valence-corrected chi connectivity index (χ4v) is 4.00. The molecule has 0 unspecified atom stereocenters. The van der Waals surface area contributed by atoms with Crippen molar-refractivity contribution in [2.75, 3.05) is 11.9 Å². The molecular weight excluding hydrogens is 582 g/mol. The fourth-order valence-electron chi connectivity index (χ4n) is 3.02. The predicted molar refractivity (Wildman–Crippen MR) is 139 cm³/mol. The van der Waals surface area contributed by atoms with Crippen LogP contribution in [-0.2, 0) is 11.4 Å². The van der Waals surface area contributed by atoms with Crippen LogP contribution in [-0.4, -0.2) is 17.4 Å². The summed E-state index contributed by atoms with van der Waals surface area (Å²) < 4.78 is 13.0. The van der Waals surface area contributed by atoms with E-state index in [9.17, 15) is 20.2 Å². The molecule has 8 nitrogen and oxygen atoms in total. The summed E-state index contributed by atoms with van der Waals surface area (Å²) >= 11 is 6.82. The first-order valence-electron chi connectivity index (χ1n) is 10.3. The number of carbonyl (C=O) groups is 1. The van der Waals surface area contributed by atoms with Crippen molar-refractivity contribution in [1.29, 1.82) is 5.26 Å². The molecule has 0 atom stereocenters. The van der Waals surface area contributed by atoms with Gasteiger partial charge in [0.15, 0.2) is 11.5 Å². The second kappa shape index (κ2) is 12.1. The van der Waals surface area contributed by atoms with E-state index in [0.29, 0.717) is 33.8 Å². The largest absolute Gasteiger partial charge is 0.490 e. The normalized spacial score (nSPS) is 10.9. The Labute approximate surface area is 218 Å². The molecule has 178 valence electrons. The van der Waals surface area contributed by atoms with Crippen molar-refractivity contribution in [2.45, 2.75) is 13.5 Å². The van der Waals surface area contributed by atoms with Gasteiger partial charge in [0, 0.05) is 22.3 Å². The average molecular weight is 601 g/mol. The summed E-state index contributed by atoms with van der Waals surface area (Å²) in [6, 6.07) is 18.4. The highest BCUT2D eigenvalue weighted by Gasteiger charge is 2.15. The minimum absolute atomic E-state index is 0.00157. The average Bonchev–Trinajstić information content (AvgIpc) is 2.82. The van der Waals surface area contributed by atoms with Crippen LogP contribution in [0.1, 0.15) is 18.1 Å². The van der Waals surface area contributed by atoms with Crippen molar-refractivity contribution in [2.24, 2.45) is 0 Å². The smallest absolute Gasteiger partial charge is 0.269 e. The van der Waals surface area contributed by atoms with Crippen molar-refractivity contribution >= 4 is 55.2 Å². The number of ether oxygens (including phenoxy) is 2. The van der Waals surface area contributed by atoms with Gasteiger partial charge >= 0.3 is 0 Å². The van der Waals surface area contributed by atoms with Gasteiger partial charge in [0.1, 0.15) is 18.2 Å². The molecule has 0 saturated heterocycles. The molecule has 0 fully saturated rings. The minimum Gasteiger partial charge on any atom is -0.490 e. The Morgan fingerprint density at radius 3 is 2.51 bits per heavy atom. The standard InChI is InChI=1S/C25H19Br2N3O5/c1-2-34-23-12-17(10-18(14-28)25(31)29-20-5-3-4-19(26)13-20)11-22(27)24(23)35-15-16-6-8-21(9-7-16)30(32)33/h3-13H,2,15H2,1H3,(H,29,31)/b18-10-. The first kappa shape index (κ1) is 25.9. The number of benzene rings is 3. The van der Waals surface area contributed by atoms with Crippen LogP contribution in [0.2, 0.25) is 0 Å². The number of rotatable bonds is 9. The summed E-state index contributed by atoms with van der Waals surface area (Å²) in [6.45, 7) is 2.34. The van der Waals surface area contributed by atoms with Gasteiger partial charge < -0.3 is 14.8 Å². The molecule has 10 heteroatoms. The first-order chi connectivity index (χ1) is 16.8. The molecular formula is C25H19Br2N3O5. The zero-order valence-corrected chi connectivity index (χ0v) is 21.6. The number of hydrogen-bond donors (Lipinski definition) is 1. The maximum atomic E-state index is 12.6. The molecule has 0 bridgehead atoms. The third-order valence-electron chi connectivity index (χ3n) is 4.62. The molecule has 3 rings (SSSR count). The van der Waals surface area contributed by atoms with Crippen LogP contribution in [0.3, 0.4) is 0 Å². The number of hydrogen-bond acceptors (Lipinski definition) is 6. The Bertz CT molecular complexity index is 1320. The van der Waals surface area contributed by atoms with E-state index in [2.05, 4.69) is 37.2 Å². The monoisotopic (exact) mass is 599 g/mol. The highest BCUT2D eigenvalue weighted by atomic mass is 79.9. The van der Waals surface area contributed by atoms with E-state index in [0.717, 1.165) is 10.0 Å². The fraction of sp³-hybridized carbons (Fsp3) is 0.120. The zero-order valence-electron chi connectivity index (χ0n) is 18.5. The van der Waals surface area contributed by atoms with E-state index in [1.807, 2.05) is 19.1 Å². The van der Waals surface area contributed by atoms with Gasteiger partial charge in [0.25, 0.3) is 11.6 Å². The summed E-state index contributed by atoms with van der Waals surface area (Å²) in [5.74, 6) is 0.303. The molecule has 0 radical (unpaired) electrons. The summed E-state index contributed by atoms with van der Waals surface area (Å²) in [7, 11) is 0. The molecule has 0 spiro atoms. The third kappa shape index (κ3) is 7.15. The lowest BCUT2D eigenvalue weighted by atomic mass is 10.1. The van der Waals surface area contributed by atoms with Gasteiger partial charge in [-0.2, -0.15) is 5.26 Å². The van der Waals surface area contributed by atoms with Crippen molar-refractivity contribution < 1.29 is 19.2 Å². The van der Waals surface area contributed by atoms with Crippen LogP contribution in [0.15, 0.2) is 75.2 Å². The second-order valence-corrected chi connectivity index (χ2v) is 8.88. The lowest BCUT2D eigenvalue weighted by Crippen LogP contribution is -2.13. The maximum Gasteiger partial charge on any atom is 0.269 e. The number of nitriles is 1. The maximum absolute atomic E-state index is 12.6. The van der Waals surface area contributed by atoms with E-state index in [4.69, 9.17) is 9.47 Å². The molecule has 35 heavy (non-hydrogen) atoms. The summed E-state index contributed by atoms with van der Waals surface area (Å²) in [6.07, 6.45) is 1.46. The van der Waals surface area contributed by atoms with Gasteiger partial charge in [-0.25, -0.2) is 0 Å². The Hall–Kier alpha value is -3.68. The van der Waals surface area contributed by atoms with Crippen LogP contribution in [0.25, 0.3) is 6.08 Å². The zero-order chi connectivity index (χ0) is 25.4. The SMILES string of the molecule is CCOc1cc(/C=C(/C#N)C(=O)Nc2cccc(Br)c2)cc(Br)c1OCc1ccc([N+](=O)[O-])cc1. The Morgan fingerprint density at radius 2 is 1.89 bits per heavy atom. The number of nitro benzene ring substituents is 1. The Balaban J connectivity index is 1.82. The molecule has 0 aliphatic rings. The Kier molecular flexibility index (Phi) is 9.00. The lowest BCUT2D eigenvalue weighted by molar-refractivity contribution is -0.384. The molecule has 0 aromatic heterocycles. The molecule has 3 aromatic carbocycles. The number of non-ortho nitro benzene ring substituents is 1. The van der Waals surface area contributed by atoms with Crippen LogP contribution in [0.4, 0.5) is 11.4 Å². The molecule has 0 aliphatic carbocycles. The Morgan fingerprint density at radius 1 is 1.14 bits per heavy atom. The highest BCUT2D eigenvalue weighted by Crippen LogP contribution is 2.38. The second-order valence-electron chi connectivity index (χ2n) is 7.11.